The van der Waals surface area contributed by atoms with Crippen molar-refractivity contribution in [1.82, 2.24) is 59.8 Å². The highest BCUT2D eigenvalue weighted by molar-refractivity contribution is 5.92. The van der Waals surface area contributed by atoms with Crippen LogP contribution in [-0.4, -0.2) is 59.8 Å². The number of nitrogens with zero attached hydrogens (tertiary/aromatic N) is 12. The minimum absolute atomic E-state index is 0.0230. The van der Waals surface area contributed by atoms with Crippen molar-refractivity contribution in [2.24, 2.45) is 0 Å². The van der Waals surface area contributed by atoms with Gasteiger partial charge in [-0.1, -0.05) is 253 Å². The quantitative estimate of drug-likeness (QED) is 0.114. The molecule has 9 aromatic carbocycles. The zero-order valence-electron chi connectivity index (χ0n) is 70.5. The second-order valence-electron chi connectivity index (χ2n) is 34.8. The molecule has 12 nitrogen and oxygen atoms in total. The van der Waals surface area contributed by atoms with E-state index in [0.717, 1.165) is 168 Å². The topological polar surface area (TPSA) is 155 Å². The van der Waals surface area contributed by atoms with E-state index >= 15 is 0 Å². The molecule has 0 aliphatic rings. The van der Waals surface area contributed by atoms with Crippen LogP contribution in [0.15, 0.2) is 329 Å². The molecule has 9 heterocycles. The Kier molecular flexibility index (Phi) is 22.2. The Balaban J connectivity index is 0.000000134. The summed E-state index contributed by atoms with van der Waals surface area (Å²) >= 11 is 0. The first-order chi connectivity index (χ1) is 57.8. The van der Waals surface area contributed by atoms with Gasteiger partial charge in [-0.05, 0) is 210 Å². The molecule has 0 saturated heterocycles. The molecule has 9 aromatic heterocycles. The van der Waals surface area contributed by atoms with Crippen molar-refractivity contribution in [2.75, 3.05) is 0 Å². The minimum Gasteiger partial charge on any atom is -0.265 e. The lowest BCUT2D eigenvalue weighted by Gasteiger charge is -2.30. The number of pyridine rings is 6. The van der Waals surface area contributed by atoms with Crippen LogP contribution in [0.1, 0.15) is 116 Å². The molecule has 0 atom stereocenters. The summed E-state index contributed by atoms with van der Waals surface area (Å²) in [4.78, 5) is 57.4. The summed E-state index contributed by atoms with van der Waals surface area (Å²) in [5, 5.41) is 0. The lowest BCUT2D eigenvalue weighted by Crippen LogP contribution is -2.22. The molecule has 18 aromatic rings. The summed E-state index contributed by atoms with van der Waals surface area (Å²) in [6.45, 7) is 31.5. The first-order valence-corrected chi connectivity index (χ1v) is 40.9. The summed E-state index contributed by atoms with van der Waals surface area (Å²) in [6.07, 6.45) is 18.3. The molecule has 0 aliphatic carbocycles. The number of fused-ring (bicyclic) bond motifs is 3. The van der Waals surface area contributed by atoms with E-state index in [1.807, 2.05) is 122 Å². The normalized spacial score (nSPS) is 11.8. The van der Waals surface area contributed by atoms with Gasteiger partial charge in [-0.3, -0.25) is 29.9 Å². The molecule has 0 aliphatic heterocycles. The Morgan fingerprint density at radius 1 is 0.183 bits per heavy atom. The van der Waals surface area contributed by atoms with Gasteiger partial charge in [-0.2, -0.15) is 0 Å². The third kappa shape index (κ3) is 17.6. The van der Waals surface area contributed by atoms with Crippen LogP contribution in [0.5, 0.6) is 0 Å². The van der Waals surface area contributed by atoms with Crippen LogP contribution in [0, 0.1) is 13.8 Å². The van der Waals surface area contributed by atoms with Crippen molar-refractivity contribution in [3.63, 3.8) is 0 Å². The van der Waals surface area contributed by atoms with Crippen LogP contribution in [0.4, 0.5) is 0 Å². The van der Waals surface area contributed by atoms with Gasteiger partial charge in [0.15, 0.2) is 0 Å². The second-order valence-corrected chi connectivity index (χ2v) is 34.8. The molecule has 18 rings (SSSR count). The highest BCUT2D eigenvalue weighted by Crippen LogP contribution is 2.43. The number of aromatic nitrogens is 12. The van der Waals surface area contributed by atoms with Crippen molar-refractivity contribution in [3.8, 4) is 135 Å². The number of rotatable bonds is 12. The van der Waals surface area contributed by atoms with E-state index in [4.69, 9.17) is 29.9 Å². The SMILES string of the molecule is CC(C)(C)c1cc2nc(-c3ccc(-c4ccccn4)cc3)c(-c3ccc(-c4ccccn4)cc3)nc2cc1C(C)(C)C.CC(C)(C)c1cc2nc(-c3ccc(-c4cccnc4)cc3)c(-c3ccc(-c4cccnc4)cc3)nc2cc1C(C)(C)C.Cc1cc2nc(-c3ccc(-c4ccncc4)cc3)c(-c3ccc(-c4ccncc4)cc3)nc2cc1C. The Hall–Kier alpha value is -14.1. The smallest absolute Gasteiger partial charge is 0.0973 e. The first kappa shape index (κ1) is 79.7. The summed E-state index contributed by atoms with van der Waals surface area (Å²) < 4.78 is 0. The fourth-order valence-electron chi connectivity index (χ4n) is 15.3. The monoisotopic (exact) mass is 1560 g/mol. The molecule has 120 heavy (non-hydrogen) atoms. The van der Waals surface area contributed by atoms with Gasteiger partial charge in [0.05, 0.1) is 78.7 Å². The fourth-order valence-corrected chi connectivity index (χ4v) is 15.3. The molecular formula is C108H96N12. The molecule has 0 amide bonds. The Bertz CT molecular complexity index is 5960. The zero-order chi connectivity index (χ0) is 83.5. The molecule has 12 heteroatoms. The van der Waals surface area contributed by atoms with Gasteiger partial charge in [0.1, 0.15) is 0 Å². The van der Waals surface area contributed by atoms with Gasteiger partial charge in [-0.15, -0.1) is 0 Å². The molecule has 0 bridgehead atoms. The van der Waals surface area contributed by atoms with Crippen molar-refractivity contribution in [3.05, 3.63) is 362 Å². The van der Waals surface area contributed by atoms with Crippen LogP contribution >= 0.6 is 0 Å². The molecule has 0 radical (unpaired) electrons. The lowest BCUT2D eigenvalue weighted by atomic mass is 9.75. The number of benzene rings is 9. The molecule has 0 spiro atoms. The average Bonchev–Trinajstić information content (AvgIpc) is 0.775. The van der Waals surface area contributed by atoms with Crippen LogP contribution in [0.2, 0.25) is 0 Å². The highest BCUT2D eigenvalue weighted by atomic mass is 14.9. The third-order valence-electron chi connectivity index (χ3n) is 22.0. The molecule has 0 fully saturated rings. The van der Waals surface area contributed by atoms with Gasteiger partial charge < -0.3 is 0 Å². The molecule has 588 valence electrons. The number of aryl methyl sites for hydroxylation is 2. The van der Waals surface area contributed by atoms with Gasteiger partial charge in [0, 0.05) is 106 Å². The average molecular weight is 1560 g/mol. The van der Waals surface area contributed by atoms with Crippen molar-refractivity contribution in [1.29, 1.82) is 0 Å². The van der Waals surface area contributed by atoms with Gasteiger partial charge in [-0.25, -0.2) is 29.9 Å². The van der Waals surface area contributed by atoms with Crippen molar-refractivity contribution in [2.45, 2.75) is 119 Å². The third-order valence-corrected chi connectivity index (χ3v) is 22.0. The maximum absolute atomic E-state index is 5.32. The maximum atomic E-state index is 5.32. The number of hydrogen-bond donors (Lipinski definition) is 0. The molecule has 0 unspecified atom stereocenters. The van der Waals surface area contributed by atoms with E-state index < -0.39 is 0 Å². The van der Waals surface area contributed by atoms with Crippen molar-refractivity contribution >= 4 is 33.1 Å². The van der Waals surface area contributed by atoms with E-state index in [1.54, 1.807) is 12.4 Å². The minimum atomic E-state index is -0.0248. The summed E-state index contributed by atoms with van der Waals surface area (Å²) in [6, 6.07) is 92.5. The Morgan fingerprint density at radius 3 is 0.633 bits per heavy atom. The van der Waals surface area contributed by atoms with Gasteiger partial charge in [0.25, 0.3) is 0 Å². The maximum Gasteiger partial charge on any atom is 0.0973 e. The fraction of sp³-hybridized carbons (Fsp3) is 0.167. The van der Waals surface area contributed by atoms with E-state index in [-0.39, 0.29) is 21.7 Å². The molecule has 0 saturated carbocycles. The largest absolute Gasteiger partial charge is 0.265 e. The van der Waals surface area contributed by atoms with Crippen molar-refractivity contribution < 1.29 is 0 Å². The standard InChI is InChI=1S/2C38H36N4.C32H24N4/c1-37(2,3)31-21-33-34(22-32(31)38(4,5)6)42-36(28-17-13-26(14-18-28)30-10-8-20-40-24-30)35(41-33)27-15-11-25(12-16-27)29-9-7-19-39-23-29;1-37(2,3)29-23-33-34(24-30(29)38(4,5)6)42-36(28-19-15-26(16-20-28)32-12-8-10-22-40-32)35(41-33)27-17-13-25(14-18-27)31-11-7-9-21-39-31;1-21-19-29-30(20-22(21)2)36-32(28-9-5-24(6-10-28)26-13-17-34-18-14-26)31(35-29)27-7-3-23(4-8-27)25-11-15-33-16-12-25/h2*7-24H,1-6H3;3-20H,1-2H3. The predicted molar refractivity (Wildman–Crippen MR) is 495 cm³/mol. The van der Waals surface area contributed by atoms with Crippen LogP contribution in [0.3, 0.4) is 0 Å². The van der Waals surface area contributed by atoms with Gasteiger partial charge >= 0.3 is 0 Å². The number of hydrogen-bond acceptors (Lipinski definition) is 12. The second kappa shape index (κ2) is 33.5. The zero-order valence-corrected chi connectivity index (χ0v) is 70.5. The molecule has 0 N–H and O–H groups in total. The van der Waals surface area contributed by atoms with E-state index in [9.17, 15) is 0 Å². The summed E-state index contributed by atoms with van der Waals surface area (Å²) in [7, 11) is 0. The predicted octanol–water partition coefficient (Wildman–Crippen LogP) is 27.1. The van der Waals surface area contributed by atoms with Crippen LogP contribution < -0.4 is 0 Å². The lowest BCUT2D eigenvalue weighted by molar-refractivity contribution is 0.531. The van der Waals surface area contributed by atoms with Gasteiger partial charge in [0.2, 0.25) is 0 Å². The van der Waals surface area contributed by atoms with Crippen LogP contribution in [-0.2, 0) is 21.7 Å². The summed E-state index contributed by atoms with van der Waals surface area (Å²) in [5.74, 6) is 0. The van der Waals surface area contributed by atoms with Crippen LogP contribution in [0.25, 0.3) is 168 Å². The molecular weight excluding hydrogens is 1470 g/mol. The first-order valence-electron chi connectivity index (χ1n) is 40.9. The Morgan fingerprint density at radius 2 is 0.408 bits per heavy atom. The Labute approximate surface area is 703 Å². The van der Waals surface area contributed by atoms with E-state index in [2.05, 4.69) is 321 Å². The van der Waals surface area contributed by atoms with E-state index in [0.29, 0.717) is 0 Å². The summed E-state index contributed by atoms with van der Waals surface area (Å²) in [5.41, 5.74) is 37.4. The van der Waals surface area contributed by atoms with E-state index in [1.165, 1.54) is 33.4 Å². The highest BCUT2D eigenvalue weighted by Gasteiger charge is 2.30.